The van der Waals surface area contributed by atoms with Crippen LogP contribution >= 0.6 is 23.2 Å². The van der Waals surface area contributed by atoms with Gasteiger partial charge in [-0.3, -0.25) is 4.79 Å². The maximum absolute atomic E-state index is 11.9. The number of carbonyl (C=O) groups is 1. The number of amides is 1. The molecule has 0 radical (unpaired) electrons. The van der Waals surface area contributed by atoms with Crippen molar-refractivity contribution in [1.29, 1.82) is 0 Å². The standard InChI is InChI=1S/C17H15Cl2NO/c1-12(13-6-3-2-4-7-13)20-17(21)11-10-14-15(18)8-5-9-16(14)19/h2-12H,1H3,(H,20,21)/b11-10+. The van der Waals surface area contributed by atoms with Crippen LogP contribution in [-0.4, -0.2) is 5.91 Å². The largest absolute Gasteiger partial charge is 0.346 e. The minimum Gasteiger partial charge on any atom is -0.346 e. The summed E-state index contributed by atoms with van der Waals surface area (Å²) < 4.78 is 0. The molecule has 0 heterocycles. The summed E-state index contributed by atoms with van der Waals surface area (Å²) in [4.78, 5) is 11.9. The summed E-state index contributed by atoms with van der Waals surface area (Å²) in [6.45, 7) is 1.93. The van der Waals surface area contributed by atoms with Crippen LogP contribution in [-0.2, 0) is 4.79 Å². The van der Waals surface area contributed by atoms with Gasteiger partial charge in [-0.2, -0.15) is 0 Å². The molecule has 108 valence electrons. The first kappa shape index (κ1) is 15.6. The molecule has 4 heteroatoms. The fourth-order valence-corrected chi connectivity index (χ4v) is 2.44. The van der Waals surface area contributed by atoms with Crippen molar-refractivity contribution in [3.63, 3.8) is 0 Å². The molecule has 2 rings (SSSR count). The molecule has 1 amide bonds. The monoisotopic (exact) mass is 319 g/mol. The zero-order valence-corrected chi connectivity index (χ0v) is 13.0. The van der Waals surface area contributed by atoms with Crippen LogP contribution < -0.4 is 5.32 Å². The second-order valence-electron chi connectivity index (χ2n) is 4.61. The zero-order valence-electron chi connectivity index (χ0n) is 11.5. The molecule has 2 nitrogen and oxygen atoms in total. The van der Waals surface area contributed by atoms with Gasteiger partial charge in [-0.05, 0) is 30.7 Å². The Hall–Kier alpha value is -1.77. The van der Waals surface area contributed by atoms with Gasteiger partial charge in [-0.15, -0.1) is 0 Å². The third kappa shape index (κ3) is 4.35. The minimum atomic E-state index is -0.192. The third-order valence-corrected chi connectivity index (χ3v) is 3.72. The smallest absolute Gasteiger partial charge is 0.244 e. The molecular weight excluding hydrogens is 305 g/mol. The van der Waals surface area contributed by atoms with Gasteiger partial charge in [-0.1, -0.05) is 59.6 Å². The average Bonchev–Trinajstić information content (AvgIpc) is 2.47. The lowest BCUT2D eigenvalue weighted by atomic mass is 10.1. The van der Waals surface area contributed by atoms with E-state index in [0.29, 0.717) is 15.6 Å². The van der Waals surface area contributed by atoms with Crippen molar-refractivity contribution in [2.24, 2.45) is 0 Å². The Morgan fingerprint density at radius 3 is 2.29 bits per heavy atom. The Bertz CT molecular complexity index is 633. The van der Waals surface area contributed by atoms with E-state index in [1.165, 1.54) is 6.08 Å². The van der Waals surface area contributed by atoms with Gasteiger partial charge in [0.25, 0.3) is 0 Å². The number of hydrogen-bond acceptors (Lipinski definition) is 1. The molecule has 1 N–H and O–H groups in total. The second kappa shape index (κ2) is 7.30. The average molecular weight is 320 g/mol. The van der Waals surface area contributed by atoms with E-state index < -0.39 is 0 Å². The van der Waals surface area contributed by atoms with E-state index in [-0.39, 0.29) is 11.9 Å². The Morgan fingerprint density at radius 1 is 1.05 bits per heavy atom. The third-order valence-electron chi connectivity index (χ3n) is 3.06. The number of halogens is 2. The highest BCUT2D eigenvalue weighted by atomic mass is 35.5. The van der Waals surface area contributed by atoms with Crippen molar-refractivity contribution in [1.82, 2.24) is 5.32 Å². The lowest BCUT2D eigenvalue weighted by molar-refractivity contribution is -0.117. The summed E-state index contributed by atoms with van der Waals surface area (Å²) >= 11 is 12.1. The van der Waals surface area contributed by atoms with Crippen LogP contribution in [0.25, 0.3) is 6.08 Å². The van der Waals surface area contributed by atoms with Crippen LogP contribution in [0.15, 0.2) is 54.6 Å². The SMILES string of the molecule is CC(NC(=O)/C=C/c1c(Cl)cccc1Cl)c1ccccc1. The highest BCUT2D eigenvalue weighted by Crippen LogP contribution is 2.25. The van der Waals surface area contributed by atoms with E-state index in [9.17, 15) is 4.79 Å². The molecule has 0 bridgehead atoms. The van der Waals surface area contributed by atoms with Crippen molar-refractivity contribution in [2.75, 3.05) is 0 Å². The van der Waals surface area contributed by atoms with Crippen LogP contribution in [0.1, 0.15) is 24.1 Å². The Balaban J connectivity index is 2.03. The zero-order chi connectivity index (χ0) is 15.2. The molecule has 21 heavy (non-hydrogen) atoms. The summed E-state index contributed by atoms with van der Waals surface area (Å²) in [7, 11) is 0. The minimum absolute atomic E-state index is 0.0648. The topological polar surface area (TPSA) is 29.1 Å². The van der Waals surface area contributed by atoms with E-state index in [2.05, 4.69) is 5.32 Å². The lowest BCUT2D eigenvalue weighted by Crippen LogP contribution is -2.24. The number of rotatable bonds is 4. The maximum atomic E-state index is 11.9. The molecular formula is C17H15Cl2NO. The quantitative estimate of drug-likeness (QED) is 0.799. The van der Waals surface area contributed by atoms with Crippen molar-refractivity contribution < 1.29 is 4.79 Å². The second-order valence-corrected chi connectivity index (χ2v) is 5.42. The van der Waals surface area contributed by atoms with Gasteiger partial charge in [0.2, 0.25) is 5.91 Å². The highest BCUT2D eigenvalue weighted by molar-refractivity contribution is 6.37. The maximum Gasteiger partial charge on any atom is 0.244 e. The first-order chi connectivity index (χ1) is 10.1. The molecule has 1 atom stereocenters. The predicted molar refractivity (Wildman–Crippen MR) is 88.5 cm³/mol. The Kier molecular flexibility index (Phi) is 5.43. The Labute approximate surface area is 134 Å². The summed E-state index contributed by atoms with van der Waals surface area (Å²) in [5.41, 5.74) is 1.69. The molecule has 2 aromatic rings. The first-order valence-electron chi connectivity index (χ1n) is 6.55. The molecule has 0 saturated carbocycles. The van der Waals surface area contributed by atoms with Gasteiger partial charge in [0, 0.05) is 21.7 Å². The van der Waals surface area contributed by atoms with Crippen molar-refractivity contribution in [3.8, 4) is 0 Å². The van der Waals surface area contributed by atoms with Crippen LogP contribution in [0.4, 0.5) is 0 Å². The fraction of sp³-hybridized carbons (Fsp3) is 0.118. The fourth-order valence-electron chi connectivity index (χ4n) is 1.92. The summed E-state index contributed by atoms with van der Waals surface area (Å²) in [6.07, 6.45) is 3.06. The molecule has 0 aromatic heterocycles. The number of hydrogen-bond donors (Lipinski definition) is 1. The summed E-state index contributed by atoms with van der Waals surface area (Å²) in [5.74, 6) is -0.192. The van der Waals surface area contributed by atoms with E-state index in [1.807, 2.05) is 37.3 Å². The van der Waals surface area contributed by atoms with Gasteiger partial charge in [0.05, 0.1) is 6.04 Å². The van der Waals surface area contributed by atoms with Crippen LogP contribution in [0.3, 0.4) is 0 Å². The molecule has 0 aliphatic heterocycles. The normalized spacial score (nSPS) is 12.3. The highest BCUT2D eigenvalue weighted by Gasteiger charge is 2.07. The van der Waals surface area contributed by atoms with E-state index in [4.69, 9.17) is 23.2 Å². The molecule has 0 fully saturated rings. The van der Waals surface area contributed by atoms with E-state index >= 15 is 0 Å². The van der Waals surface area contributed by atoms with Crippen LogP contribution in [0, 0.1) is 0 Å². The predicted octanol–water partition coefficient (Wildman–Crippen LogP) is 4.88. The molecule has 0 saturated heterocycles. The van der Waals surface area contributed by atoms with Gasteiger partial charge in [0.15, 0.2) is 0 Å². The molecule has 0 aliphatic carbocycles. The van der Waals surface area contributed by atoms with Gasteiger partial charge in [-0.25, -0.2) is 0 Å². The first-order valence-corrected chi connectivity index (χ1v) is 7.31. The number of nitrogens with one attached hydrogen (secondary N) is 1. The van der Waals surface area contributed by atoms with Gasteiger partial charge >= 0.3 is 0 Å². The van der Waals surface area contributed by atoms with Crippen LogP contribution in [0.5, 0.6) is 0 Å². The molecule has 0 spiro atoms. The van der Waals surface area contributed by atoms with Crippen molar-refractivity contribution >= 4 is 35.2 Å². The number of benzene rings is 2. The van der Waals surface area contributed by atoms with Crippen LogP contribution in [0.2, 0.25) is 10.0 Å². The molecule has 1 unspecified atom stereocenters. The number of carbonyl (C=O) groups excluding carboxylic acids is 1. The summed E-state index contributed by atoms with van der Waals surface area (Å²) in [6, 6.07) is 14.9. The van der Waals surface area contributed by atoms with Crippen molar-refractivity contribution in [3.05, 3.63) is 75.8 Å². The Morgan fingerprint density at radius 2 is 1.67 bits per heavy atom. The molecule has 2 aromatic carbocycles. The lowest BCUT2D eigenvalue weighted by Gasteiger charge is -2.12. The van der Waals surface area contributed by atoms with E-state index in [0.717, 1.165) is 5.56 Å². The van der Waals surface area contributed by atoms with Crippen molar-refractivity contribution in [2.45, 2.75) is 13.0 Å². The van der Waals surface area contributed by atoms with E-state index in [1.54, 1.807) is 24.3 Å². The summed E-state index contributed by atoms with van der Waals surface area (Å²) in [5, 5.41) is 3.93. The molecule has 0 aliphatic rings. The van der Waals surface area contributed by atoms with Gasteiger partial charge in [0.1, 0.15) is 0 Å². The van der Waals surface area contributed by atoms with Gasteiger partial charge < -0.3 is 5.32 Å².